The average molecular weight is 370 g/mol. The molecule has 1 aromatic heterocycles. The Bertz CT molecular complexity index is 754. The van der Waals surface area contributed by atoms with Crippen molar-refractivity contribution in [2.45, 2.75) is 50.7 Å². The Morgan fingerprint density at radius 2 is 1.89 bits per heavy atom. The molecule has 2 atom stereocenters. The minimum absolute atomic E-state index is 0.00278. The number of hydrogen-bond acceptors (Lipinski definition) is 6. The molecule has 0 spiro atoms. The molecule has 2 heterocycles. The predicted octanol–water partition coefficient (Wildman–Crippen LogP) is 2.46. The van der Waals surface area contributed by atoms with Gasteiger partial charge in [0.1, 0.15) is 6.04 Å². The van der Waals surface area contributed by atoms with Crippen molar-refractivity contribution in [2.75, 3.05) is 13.2 Å². The number of carbonyl (C=O) groups excluding carboxylic acids is 1. The van der Waals surface area contributed by atoms with Crippen LogP contribution in [0.2, 0.25) is 0 Å². The van der Waals surface area contributed by atoms with Gasteiger partial charge in [-0.2, -0.15) is 4.98 Å². The highest BCUT2D eigenvalue weighted by Gasteiger charge is 2.35. The smallest absolute Gasteiger partial charge is 0.244 e. The molecule has 0 unspecified atom stereocenters. The minimum atomic E-state index is -0.466. The van der Waals surface area contributed by atoms with Gasteiger partial charge in [0.25, 0.3) is 0 Å². The molecule has 4 rings (SSSR count). The van der Waals surface area contributed by atoms with E-state index in [1.165, 1.54) is 0 Å². The molecule has 1 saturated heterocycles. The van der Waals surface area contributed by atoms with Crippen molar-refractivity contribution >= 4 is 5.91 Å². The van der Waals surface area contributed by atoms with E-state index < -0.39 is 6.04 Å². The first-order chi connectivity index (χ1) is 13.2. The fourth-order valence-electron chi connectivity index (χ4n) is 3.56. The third-order valence-corrected chi connectivity index (χ3v) is 5.21. The van der Waals surface area contributed by atoms with Crippen LogP contribution in [-0.2, 0) is 9.53 Å². The molecule has 1 saturated carbocycles. The third kappa shape index (κ3) is 4.54. The molecule has 0 radical (unpaired) electrons. The Kier molecular flexibility index (Phi) is 5.50. The third-order valence-electron chi connectivity index (χ3n) is 5.21. The minimum Gasteiger partial charge on any atom is -0.381 e. The van der Waals surface area contributed by atoms with E-state index >= 15 is 0 Å². The van der Waals surface area contributed by atoms with Crippen LogP contribution in [0.5, 0.6) is 0 Å². The molecule has 2 aromatic rings. The summed E-state index contributed by atoms with van der Waals surface area (Å²) in [6.07, 6.45) is 3.90. The summed E-state index contributed by atoms with van der Waals surface area (Å²) >= 11 is 0. The van der Waals surface area contributed by atoms with E-state index in [9.17, 15) is 4.79 Å². The quantitative estimate of drug-likeness (QED) is 0.778. The molecular weight excluding hydrogens is 344 g/mol. The largest absolute Gasteiger partial charge is 0.381 e. The Balaban J connectivity index is 1.61. The summed E-state index contributed by atoms with van der Waals surface area (Å²) in [6, 6.07) is 9.46. The SMILES string of the molecule is Cc1noc([C@@H](N[C@H](C(=O)NC2CC2)c2ccccc2)C2CCOCC2)n1. The number of amides is 1. The van der Waals surface area contributed by atoms with Crippen LogP contribution in [0.4, 0.5) is 0 Å². The van der Waals surface area contributed by atoms with Crippen molar-refractivity contribution in [3.63, 3.8) is 0 Å². The van der Waals surface area contributed by atoms with Gasteiger partial charge < -0.3 is 14.6 Å². The highest BCUT2D eigenvalue weighted by Crippen LogP contribution is 2.32. The van der Waals surface area contributed by atoms with Crippen molar-refractivity contribution in [3.05, 3.63) is 47.6 Å². The van der Waals surface area contributed by atoms with Gasteiger partial charge in [0, 0.05) is 19.3 Å². The Hall–Kier alpha value is -2.25. The van der Waals surface area contributed by atoms with Crippen molar-refractivity contribution in [1.82, 2.24) is 20.8 Å². The molecule has 1 aromatic carbocycles. The van der Waals surface area contributed by atoms with E-state index in [0.717, 1.165) is 31.2 Å². The molecule has 2 fully saturated rings. The molecule has 7 nitrogen and oxygen atoms in total. The van der Waals surface area contributed by atoms with Crippen LogP contribution in [0.15, 0.2) is 34.9 Å². The lowest BCUT2D eigenvalue weighted by Crippen LogP contribution is -2.43. The number of ether oxygens (including phenoxy) is 1. The molecule has 7 heteroatoms. The van der Waals surface area contributed by atoms with Crippen LogP contribution >= 0.6 is 0 Å². The van der Waals surface area contributed by atoms with Crippen LogP contribution < -0.4 is 10.6 Å². The van der Waals surface area contributed by atoms with Crippen molar-refractivity contribution in [1.29, 1.82) is 0 Å². The van der Waals surface area contributed by atoms with Crippen molar-refractivity contribution in [3.8, 4) is 0 Å². The van der Waals surface area contributed by atoms with Gasteiger partial charge in [-0.15, -0.1) is 0 Å². The van der Waals surface area contributed by atoms with E-state index in [1.807, 2.05) is 37.3 Å². The number of hydrogen-bond donors (Lipinski definition) is 2. The molecule has 1 amide bonds. The van der Waals surface area contributed by atoms with Gasteiger partial charge in [-0.25, -0.2) is 0 Å². The second kappa shape index (κ2) is 8.19. The number of nitrogens with zero attached hydrogens (tertiary/aromatic N) is 2. The van der Waals surface area contributed by atoms with Gasteiger partial charge in [0.05, 0.1) is 6.04 Å². The Morgan fingerprint density at radius 1 is 1.15 bits per heavy atom. The van der Waals surface area contributed by atoms with Gasteiger partial charge in [-0.3, -0.25) is 10.1 Å². The summed E-state index contributed by atoms with van der Waals surface area (Å²) in [7, 11) is 0. The number of aryl methyl sites for hydroxylation is 1. The van der Waals surface area contributed by atoms with E-state index in [4.69, 9.17) is 9.26 Å². The molecular formula is C20H26N4O3. The summed E-state index contributed by atoms with van der Waals surface area (Å²) in [4.78, 5) is 17.4. The highest BCUT2D eigenvalue weighted by molar-refractivity contribution is 5.83. The normalized spacial score (nSPS) is 20.2. The number of nitrogens with one attached hydrogen (secondary N) is 2. The topological polar surface area (TPSA) is 89.3 Å². The number of aromatic nitrogens is 2. The van der Waals surface area contributed by atoms with E-state index in [1.54, 1.807) is 0 Å². The van der Waals surface area contributed by atoms with Gasteiger partial charge in [-0.1, -0.05) is 35.5 Å². The van der Waals surface area contributed by atoms with Crippen LogP contribution in [0.25, 0.3) is 0 Å². The van der Waals surface area contributed by atoms with Crippen LogP contribution in [0.3, 0.4) is 0 Å². The van der Waals surface area contributed by atoms with E-state index in [-0.39, 0.29) is 17.9 Å². The van der Waals surface area contributed by atoms with Crippen LogP contribution in [-0.4, -0.2) is 35.3 Å². The zero-order chi connectivity index (χ0) is 18.6. The maximum atomic E-state index is 13.0. The summed E-state index contributed by atoms with van der Waals surface area (Å²) < 4.78 is 11.0. The average Bonchev–Trinajstić information content (AvgIpc) is 3.41. The zero-order valence-corrected chi connectivity index (χ0v) is 15.6. The zero-order valence-electron chi connectivity index (χ0n) is 15.6. The molecule has 27 heavy (non-hydrogen) atoms. The summed E-state index contributed by atoms with van der Waals surface area (Å²) in [5.74, 6) is 1.41. The first-order valence-corrected chi connectivity index (χ1v) is 9.70. The fourth-order valence-corrected chi connectivity index (χ4v) is 3.56. The lowest BCUT2D eigenvalue weighted by atomic mass is 9.90. The fraction of sp³-hybridized carbons (Fsp3) is 0.550. The lowest BCUT2D eigenvalue weighted by Gasteiger charge is -2.31. The Morgan fingerprint density at radius 3 is 2.52 bits per heavy atom. The van der Waals surface area contributed by atoms with Crippen molar-refractivity contribution in [2.24, 2.45) is 5.92 Å². The Labute approximate surface area is 158 Å². The number of rotatable bonds is 7. The number of benzene rings is 1. The first-order valence-electron chi connectivity index (χ1n) is 9.70. The monoisotopic (exact) mass is 370 g/mol. The predicted molar refractivity (Wildman–Crippen MR) is 98.8 cm³/mol. The molecule has 1 aliphatic carbocycles. The van der Waals surface area contributed by atoms with Gasteiger partial charge in [0.15, 0.2) is 5.82 Å². The highest BCUT2D eigenvalue weighted by atomic mass is 16.5. The summed E-state index contributed by atoms with van der Waals surface area (Å²) in [5.41, 5.74) is 0.934. The lowest BCUT2D eigenvalue weighted by molar-refractivity contribution is -0.124. The molecule has 2 N–H and O–H groups in total. The molecule has 144 valence electrons. The number of carbonyl (C=O) groups is 1. The van der Waals surface area contributed by atoms with Gasteiger partial charge in [-0.05, 0) is 44.1 Å². The van der Waals surface area contributed by atoms with Crippen molar-refractivity contribution < 1.29 is 14.1 Å². The first kappa shape index (κ1) is 18.1. The van der Waals surface area contributed by atoms with Crippen LogP contribution in [0.1, 0.15) is 55.0 Å². The summed E-state index contributed by atoms with van der Waals surface area (Å²) in [6.45, 7) is 3.23. The van der Waals surface area contributed by atoms with Gasteiger partial charge in [0.2, 0.25) is 11.8 Å². The molecule has 1 aliphatic heterocycles. The second-order valence-corrected chi connectivity index (χ2v) is 7.40. The standard InChI is InChI=1S/C20H26N4O3/c1-13-21-20(27-24-13)18(15-9-11-26-12-10-15)23-17(14-5-3-2-4-6-14)19(25)22-16-7-8-16/h2-6,15-18,23H,7-12H2,1H3,(H,22,25)/t17-,18-/m0/s1. The second-order valence-electron chi connectivity index (χ2n) is 7.40. The summed E-state index contributed by atoms with van der Waals surface area (Å²) in [5, 5.41) is 10.6. The molecule has 0 bridgehead atoms. The van der Waals surface area contributed by atoms with E-state index in [2.05, 4.69) is 20.8 Å². The van der Waals surface area contributed by atoms with E-state index in [0.29, 0.717) is 31.0 Å². The van der Waals surface area contributed by atoms with Crippen LogP contribution in [0, 0.1) is 12.8 Å². The molecule has 2 aliphatic rings. The maximum Gasteiger partial charge on any atom is 0.244 e. The maximum absolute atomic E-state index is 13.0. The van der Waals surface area contributed by atoms with Gasteiger partial charge >= 0.3 is 0 Å².